The van der Waals surface area contributed by atoms with Crippen LogP contribution in [0.3, 0.4) is 0 Å². The van der Waals surface area contributed by atoms with Crippen molar-refractivity contribution < 1.29 is 14.3 Å². The van der Waals surface area contributed by atoms with Crippen LogP contribution >= 0.6 is 0 Å². The molecule has 0 aromatic heterocycles. The molecule has 0 aromatic rings. The van der Waals surface area contributed by atoms with E-state index >= 15 is 0 Å². The van der Waals surface area contributed by atoms with Gasteiger partial charge in [0.05, 0.1) is 0 Å². The van der Waals surface area contributed by atoms with Crippen molar-refractivity contribution in [3.05, 3.63) is 0 Å². The Balaban J connectivity index is 4.13. The molecule has 0 radical (unpaired) electrons. The molecular weight excluding hydrogens is 320 g/mol. The fraction of sp³-hybridized carbons (Fsp3) is 0.889. The van der Waals surface area contributed by atoms with Gasteiger partial charge < -0.3 is 25.0 Å². The molecule has 0 fully saturated rings. The second-order valence-electron chi connectivity index (χ2n) is 7.10. The maximum Gasteiger partial charge on any atom is 0.410 e. The van der Waals surface area contributed by atoms with E-state index in [1.807, 2.05) is 41.5 Å². The molecule has 0 rings (SSSR count). The SMILES string of the molecule is CCOCCCNC(=NC)NCCCN(C(=O)OC(C)(C)C)C(C)C. The van der Waals surface area contributed by atoms with Crippen molar-refractivity contribution in [3.8, 4) is 0 Å². The van der Waals surface area contributed by atoms with Gasteiger partial charge in [-0.05, 0) is 54.4 Å². The molecule has 0 bridgehead atoms. The van der Waals surface area contributed by atoms with E-state index in [0.717, 1.165) is 45.1 Å². The smallest absolute Gasteiger partial charge is 0.410 e. The lowest BCUT2D eigenvalue weighted by molar-refractivity contribution is 0.0190. The molecule has 0 aliphatic rings. The summed E-state index contributed by atoms with van der Waals surface area (Å²) in [5.41, 5.74) is -0.476. The van der Waals surface area contributed by atoms with Gasteiger partial charge in [0.2, 0.25) is 0 Å². The first-order valence-corrected chi connectivity index (χ1v) is 9.23. The van der Waals surface area contributed by atoms with E-state index in [9.17, 15) is 4.79 Å². The number of ether oxygens (including phenoxy) is 2. The standard InChI is InChI=1S/C18H38N4O3/c1-8-24-14-10-12-21-16(19-7)20-11-9-13-22(15(2)3)17(23)25-18(4,5)6/h15H,8-14H2,1-7H3,(H2,19,20,21). The van der Waals surface area contributed by atoms with Gasteiger partial charge >= 0.3 is 6.09 Å². The fourth-order valence-electron chi connectivity index (χ4n) is 2.08. The van der Waals surface area contributed by atoms with Crippen LogP contribution in [0.5, 0.6) is 0 Å². The molecule has 0 unspecified atom stereocenters. The molecule has 148 valence electrons. The quantitative estimate of drug-likeness (QED) is 0.357. The van der Waals surface area contributed by atoms with Gasteiger partial charge in [-0.1, -0.05) is 0 Å². The minimum Gasteiger partial charge on any atom is -0.444 e. The number of guanidine groups is 1. The number of carbonyl (C=O) groups excluding carboxylic acids is 1. The van der Waals surface area contributed by atoms with Crippen molar-refractivity contribution >= 4 is 12.1 Å². The highest BCUT2D eigenvalue weighted by molar-refractivity contribution is 5.79. The lowest BCUT2D eigenvalue weighted by atomic mass is 10.2. The molecule has 7 heteroatoms. The van der Waals surface area contributed by atoms with Gasteiger partial charge in [-0.25, -0.2) is 4.79 Å². The van der Waals surface area contributed by atoms with Crippen LogP contribution in [0.4, 0.5) is 4.79 Å². The third-order valence-corrected chi connectivity index (χ3v) is 3.31. The van der Waals surface area contributed by atoms with Gasteiger partial charge in [-0.2, -0.15) is 0 Å². The fourth-order valence-corrected chi connectivity index (χ4v) is 2.08. The van der Waals surface area contributed by atoms with Crippen molar-refractivity contribution in [1.29, 1.82) is 0 Å². The van der Waals surface area contributed by atoms with Crippen LogP contribution in [-0.2, 0) is 9.47 Å². The molecule has 25 heavy (non-hydrogen) atoms. The summed E-state index contributed by atoms with van der Waals surface area (Å²) in [7, 11) is 1.75. The summed E-state index contributed by atoms with van der Waals surface area (Å²) < 4.78 is 10.8. The number of hydrogen-bond donors (Lipinski definition) is 2. The third kappa shape index (κ3) is 12.5. The maximum absolute atomic E-state index is 12.2. The number of aliphatic imine (C=N–C) groups is 1. The van der Waals surface area contributed by atoms with E-state index in [-0.39, 0.29) is 12.1 Å². The Kier molecular flexibility index (Phi) is 12.0. The normalized spacial score (nSPS) is 12.2. The first kappa shape index (κ1) is 23.5. The average Bonchev–Trinajstić information content (AvgIpc) is 2.50. The number of nitrogens with zero attached hydrogens (tertiary/aromatic N) is 2. The summed E-state index contributed by atoms with van der Waals surface area (Å²) in [6, 6.07) is 0.103. The van der Waals surface area contributed by atoms with E-state index < -0.39 is 5.60 Å². The Morgan fingerprint density at radius 3 is 2.24 bits per heavy atom. The predicted molar refractivity (Wildman–Crippen MR) is 103 cm³/mol. The van der Waals surface area contributed by atoms with Gasteiger partial charge in [-0.3, -0.25) is 4.99 Å². The van der Waals surface area contributed by atoms with Crippen LogP contribution in [0.1, 0.15) is 54.4 Å². The molecule has 0 aliphatic carbocycles. The van der Waals surface area contributed by atoms with Crippen molar-refractivity contribution in [2.75, 3.05) is 39.9 Å². The Bertz CT molecular complexity index is 392. The Labute approximate surface area is 153 Å². The molecule has 0 heterocycles. The highest BCUT2D eigenvalue weighted by atomic mass is 16.6. The highest BCUT2D eigenvalue weighted by Gasteiger charge is 2.23. The zero-order valence-corrected chi connectivity index (χ0v) is 17.1. The van der Waals surface area contributed by atoms with Crippen LogP contribution in [0, 0.1) is 0 Å². The average molecular weight is 359 g/mol. The predicted octanol–water partition coefficient (Wildman–Crippen LogP) is 2.61. The van der Waals surface area contributed by atoms with Gasteiger partial charge in [0.1, 0.15) is 5.60 Å². The van der Waals surface area contributed by atoms with Crippen LogP contribution in [0.15, 0.2) is 4.99 Å². The van der Waals surface area contributed by atoms with Crippen molar-refractivity contribution in [2.45, 2.75) is 66.0 Å². The summed E-state index contributed by atoms with van der Waals surface area (Å²) in [4.78, 5) is 18.2. The lowest BCUT2D eigenvalue weighted by Gasteiger charge is -2.30. The zero-order valence-electron chi connectivity index (χ0n) is 17.1. The summed E-state index contributed by atoms with van der Waals surface area (Å²) in [5, 5.41) is 6.51. The van der Waals surface area contributed by atoms with E-state index in [1.54, 1.807) is 11.9 Å². The zero-order chi connectivity index (χ0) is 19.3. The summed E-state index contributed by atoms with van der Waals surface area (Å²) in [6.45, 7) is 15.3. The maximum atomic E-state index is 12.2. The summed E-state index contributed by atoms with van der Waals surface area (Å²) in [5.74, 6) is 0.768. The first-order valence-electron chi connectivity index (χ1n) is 9.23. The minimum atomic E-state index is -0.476. The van der Waals surface area contributed by atoms with Gasteiger partial charge in [0.25, 0.3) is 0 Å². The van der Waals surface area contributed by atoms with Crippen molar-refractivity contribution in [3.63, 3.8) is 0 Å². The molecule has 0 saturated carbocycles. The Hall–Kier alpha value is -1.50. The number of amides is 1. The largest absolute Gasteiger partial charge is 0.444 e. The van der Waals surface area contributed by atoms with E-state index in [0.29, 0.717) is 6.54 Å². The number of hydrogen-bond acceptors (Lipinski definition) is 4. The molecule has 0 aromatic carbocycles. The minimum absolute atomic E-state index is 0.103. The third-order valence-electron chi connectivity index (χ3n) is 3.31. The molecule has 0 atom stereocenters. The van der Waals surface area contributed by atoms with Crippen molar-refractivity contribution in [1.82, 2.24) is 15.5 Å². The summed E-state index contributed by atoms with van der Waals surface area (Å²) >= 11 is 0. The second-order valence-corrected chi connectivity index (χ2v) is 7.10. The molecular formula is C18H38N4O3. The molecule has 0 spiro atoms. The molecule has 0 aliphatic heterocycles. The lowest BCUT2D eigenvalue weighted by Crippen LogP contribution is -2.43. The highest BCUT2D eigenvalue weighted by Crippen LogP contribution is 2.12. The Morgan fingerprint density at radius 2 is 1.76 bits per heavy atom. The molecule has 1 amide bonds. The number of nitrogens with one attached hydrogen (secondary N) is 2. The first-order chi connectivity index (χ1) is 11.7. The van der Waals surface area contributed by atoms with Crippen LogP contribution in [0.25, 0.3) is 0 Å². The van der Waals surface area contributed by atoms with E-state index in [2.05, 4.69) is 15.6 Å². The van der Waals surface area contributed by atoms with E-state index in [4.69, 9.17) is 9.47 Å². The monoisotopic (exact) mass is 358 g/mol. The number of rotatable bonds is 10. The number of carbonyl (C=O) groups is 1. The van der Waals surface area contributed by atoms with Gasteiger partial charge in [0, 0.05) is 45.9 Å². The molecule has 2 N–H and O–H groups in total. The van der Waals surface area contributed by atoms with Gasteiger partial charge in [0.15, 0.2) is 5.96 Å². The van der Waals surface area contributed by atoms with Crippen molar-refractivity contribution in [2.24, 2.45) is 4.99 Å². The topological polar surface area (TPSA) is 75.2 Å². The Morgan fingerprint density at radius 1 is 1.16 bits per heavy atom. The second kappa shape index (κ2) is 12.8. The molecule has 7 nitrogen and oxygen atoms in total. The molecule has 0 saturated heterocycles. The summed E-state index contributed by atoms with van der Waals surface area (Å²) in [6.07, 6.45) is 1.49. The van der Waals surface area contributed by atoms with Crippen LogP contribution in [-0.4, -0.2) is 68.5 Å². The van der Waals surface area contributed by atoms with E-state index in [1.165, 1.54) is 0 Å². The van der Waals surface area contributed by atoms with Crippen LogP contribution < -0.4 is 10.6 Å². The van der Waals surface area contributed by atoms with Crippen LogP contribution in [0.2, 0.25) is 0 Å². The van der Waals surface area contributed by atoms with Gasteiger partial charge in [-0.15, -0.1) is 0 Å².